The first kappa shape index (κ1) is 19.7. The van der Waals surface area contributed by atoms with Crippen LogP contribution in [0.2, 0.25) is 0 Å². The first-order valence-electron chi connectivity index (χ1n) is 8.68. The molecular weight excluding hydrogens is 428 g/mol. The summed E-state index contributed by atoms with van der Waals surface area (Å²) < 4.78 is 0.828. The molecule has 0 radical (unpaired) electrons. The molecule has 11 heteroatoms. The fourth-order valence-corrected chi connectivity index (χ4v) is 4.77. The molecule has 0 fully saturated rings. The van der Waals surface area contributed by atoms with Crippen LogP contribution in [0.3, 0.4) is 0 Å². The zero-order chi connectivity index (χ0) is 21.4. The second-order valence-electron chi connectivity index (χ2n) is 6.46. The largest absolute Gasteiger partial charge is 0.329 e. The van der Waals surface area contributed by atoms with Crippen molar-refractivity contribution in [2.45, 2.75) is 13.5 Å². The van der Waals surface area contributed by atoms with E-state index < -0.39 is 28.6 Å². The number of hydrogen-bond acceptors (Lipinski definition) is 7. The van der Waals surface area contributed by atoms with Gasteiger partial charge in [0.2, 0.25) is 5.91 Å². The summed E-state index contributed by atoms with van der Waals surface area (Å²) in [6, 6.07) is 7.81. The van der Waals surface area contributed by atoms with Gasteiger partial charge in [-0.3, -0.25) is 29.3 Å². The molecule has 3 aromatic heterocycles. The van der Waals surface area contributed by atoms with Gasteiger partial charge < -0.3 is 5.32 Å². The third kappa shape index (κ3) is 3.55. The number of aryl methyl sites for hydroxylation is 1. The van der Waals surface area contributed by atoms with E-state index in [1.165, 1.54) is 40.9 Å². The van der Waals surface area contributed by atoms with Crippen LogP contribution in [0, 0.1) is 17.0 Å². The Morgan fingerprint density at radius 3 is 2.77 bits per heavy atom. The van der Waals surface area contributed by atoms with Gasteiger partial charge in [-0.1, -0.05) is 12.1 Å². The highest BCUT2D eigenvalue weighted by molar-refractivity contribution is 7.18. The van der Waals surface area contributed by atoms with Crippen LogP contribution in [0.15, 0.2) is 50.7 Å². The van der Waals surface area contributed by atoms with E-state index in [0.717, 1.165) is 9.44 Å². The number of nitro benzene ring substituents is 1. The molecule has 3 heterocycles. The van der Waals surface area contributed by atoms with E-state index in [1.54, 1.807) is 12.3 Å². The number of thiophene rings is 2. The Labute approximate surface area is 176 Å². The number of nitrogens with one attached hydrogen (secondary N) is 2. The SMILES string of the molecule is Cc1ccc([N+](=O)[O-])cc1NC(=O)Cn1c(=O)[nH]c2scc(-c3cccs3)c2c1=O. The predicted octanol–water partition coefficient (Wildman–Crippen LogP) is 3.34. The van der Waals surface area contributed by atoms with Crippen molar-refractivity contribution in [3.63, 3.8) is 0 Å². The fourth-order valence-electron chi connectivity index (χ4n) is 3.00. The monoisotopic (exact) mass is 442 g/mol. The maximum Gasteiger partial charge on any atom is 0.329 e. The van der Waals surface area contributed by atoms with Crippen LogP contribution in [-0.4, -0.2) is 20.4 Å². The molecule has 2 N–H and O–H groups in total. The number of non-ortho nitro benzene ring substituents is 1. The number of aromatic nitrogens is 2. The normalized spacial score (nSPS) is 11.0. The Hall–Kier alpha value is -3.57. The Kier molecular flexibility index (Phi) is 5.06. The summed E-state index contributed by atoms with van der Waals surface area (Å²) in [7, 11) is 0. The van der Waals surface area contributed by atoms with Crippen LogP contribution < -0.4 is 16.6 Å². The fraction of sp³-hybridized carbons (Fsp3) is 0.105. The first-order valence-corrected chi connectivity index (χ1v) is 10.4. The highest BCUT2D eigenvalue weighted by Gasteiger charge is 2.18. The number of anilines is 1. The zero-order valence-corrected chi connectivity index (χ0v) is 17.1. The van der Waals surface area contributed by atoms with Gasteiger partial charge in [-0.2, -0.15) is 0 Å². The van der Waals surface area contributed by atoms with Crippen LogP contribution in [0.1, 0.15) is 5.56 Å². The van der Waals surface area contributed by atoms with E-state index in [1.807, 2.05) is 17.5 Å². The third-order valence-corrected chi connectivity index (χ3v) is 6.31. The molecule has 4 rings (SSSR count). The Morgan fingerprint density at radius 2 is 2.07 bits per heavy atom. The zero-order valence-electron chi connectivity index (χ0n) is 15.5. The van der Waals surface area contributed by atoms with Gasteiger partial charge in [-0.25, -0.2) is 4.79 Å². The molecule has 0 saturated carbocycles. The van der Waals surface area contributed by atoms with Crippen molar-refractivity contribution in [1.82, 2.24) is 9.55 Å². The molecule has 9 nitrogen and oxygen atoms in total. The van der Waals surface area contributed by atoms with Gasteiger partial charge in [0.1, 0.15) is 11.4 Å². The van der Waals surface area contributed by atoms with E-state index in [2.05, 4.69) is 10.3 Å². The number of nitro groups is 1. The molecule has 0 aliphatic rings. The topological polar surface area (TPSA) is 127 Å². The number of benzene rings is 1. The van der Waals surface area contributed by atoms with Gasteiger partial charge in [0, 0.05) is 28.0 Å². The number of carbonyl (C=O) groups excluding carboxylic acids is 1. The quantitative estimate of drug-likeness (QED) is 0.362. The van der Waals surface area contributed by atoms with Crippen LogP contribution in [0.25, 0.3) is 20.7 Å². The maximum atomic E-state index is 13.0. The van der Waals surface area contributed by atoms with Gasteiger partial charge in [0.15, 0.2) is 0 Å². The van der Waals surface area contributed by atoms with E-state index >= 15 is 0 Å². The lowest BCUT2D eigenvalue weighted by molar-refractivity contribution is -0.384. The number of nitrogens with zero attached hydrogens (tertiary/aromatic N) is 2. The number of aromatic amines is 1. The summed E-state index contributed by atoms with van der Waals surface area (Å²) in [4.78, 5) is 52.3. The Bertz CT molecular complexity index is 1400. The van der Waals surface area contributed by atoms with Gasteiger partial charge in [0.05, 0.1) is 16.0 Å². The van der Waals surface area contributed by atoms with Crippen molar-refractivity contribution < 1.29 is 9.72 Å². The minimum Gasteiger partial charge on any atom is -0.324 e. The number of amides is 1. The molecule has 1 amide bonds. The molecule has 0 aliphatic carbocycles. The number of fused-ring (bicyclic) bond motifs is 1. The molecule has 0 unspecified atom stereocenters. The lowest BCUT2D eigenvalue weighted by Gasteiger charge is -2.09. The van der Waals surface area contributed by atoms with Crippen LogP contribution in [-0.2, 0) is 11.3 Å². The summed E-state index contributed by atoms with van der Waals surface area (Å²) >= 11 is 2.72. The van der Waals surface area contributed by atoms with Crippen molar-refractivity contribution in [3.8, 4) is 10.4 Å². The molecule has 1 aromatic carbocycles. The highest BCUT2D eigenvalue weighted by Crippen LogP contribution is 2.33. The summed E-state index contributed by atoms with van der Waals surface area (Å²) in [6.45, 7) is 1.16. The summed E-state index contributed by atoms with van der Waals surface area (Å²) in [5.74, 6) is -0.640. The van der Waals surface area contributed by atoms with Crippen LogP contribution in [0.4, 0.5) is 11.4 Å². The van der Waals surface area contributed by atoms with Gasteiger partial charge >= 0.3 is 5.69 Å². The lowest BCUT2D eigenvalue weighted by Crippen LogP contribution is -2.38. The molecule has 4 aromatic rings. The molecular formula is C19H14N4O5S2. The van der Waals surface area contributed by atoms with Crippen molar-refractivity contribution >= 4 is 50.2 Å². The number of carbonyl (C=O) groups is 1. The molecule has 30 heavy (non-hydrogen) atoms. The smallest absolute Gasteiger partial charge is 0.324 e. The van der Waals surface area contributed by atoms with Gasteiger partial charge in [-0.05, 0) is 23.9 Å². The Morgan fingerprint density at radius 1 is 1.27 bits per heavy atom. The summed E-state index contributed by atoms with van der Waals surface area (Å²) in [6.07, 6.45) is 0. The highest BCUT2D eigenvalue weighted by atomic mass is 32.1. The average molecular weight is 442 g/mol. The second-order valence-corrected chi connectivity index (χ2v) is 8.28. The van der Waals surface area contributed by atoms with Crippen LogP contribution >= 0.6 is 22.7 Å². The maximum absolute atomic E-state index is 13.0. The Balaban J connectivity index is 1.69. The lowest BCUT2D eigenvalue weighted by atomic mass is 10.2. The summed E-state index contributed by atoms with van der Waals surface area (Å²) in [5.41, 5.74) is 0.126. The minimum atomic E-state index is -0.696. The number of hydrogen-bond donors (Lipinski definition) is 2. The van der Waals surface area contributed by atoms with Crippen LogP contribution in [0.5, 0.6) is 0 Å². The molecule has 0 saturated heterocycles. The van der Waals surface area contributed by atoms with E-state index in [4.69, 9.17) is 0 Å². The van der Waals surface area contributed by atoms with E-state index in [9.17, 15) is 24.5 Å². The second kappa shape index (κ2) is 7.69. The molecule has 0 aliphatic heterocycles. The first-order chi connectivity index (χ1) is 14.3. The predicted molar refractivity (Wildman–Crippen MR) is 116 cm³/mol. The number of rotatable bonds is 5. The van der Waals surface area contributed by atoms with E-state index in [0.29, 0.717) is 21.3 Å². The molecule has 0 spiro atoms. The van der Waals surface area contributed by atoms with Crippen molar-refractivity contribution in [2.75, 3.05) is 5.32 Å². The standard InChI is InChI=1S/C19H14N4O5S2/c1-10-4-5-11(23(27)28)7-13(10)20-15(24)8-22-18(25)16-12(14-3-2-6-29-14)9-30-17(16)21-19(22)26/h2-7,9H,8H2,1H3,(H,20,24)(H,21,26). The van der Waals surface area contributed by atoms with Gasteiger partial charge in [-0.15, -0.1) is 22.7 Å². The molecule has 0 bridgehead atoms. The minimum absolute atomic E-state index is 0.175. The van der Waals surface area contributed by atoms with Crippen molar-refractivity contribution in [2.24, 2.45) is 0 Å². The third-order valence-electron chi connectivity index (χ3n) is 4.51. The van der Waals surface area contributed by atoms with Gasteiger partial charge in [0.25, 0.3) is 11.2 Å². The van der Waals surface area contributed by atoms with Crippen molar-refractivity contribution in [1.29, 1.82) is 0 Å². The molecule has 152 valence electrons. The summed E-state index contributed by atoms with van der Waals surface area (Å²) in [5, 5.41) is 17.5. The van der Waals surface area contributed by atoms with Crippen molar-refractivity contribution in [3.05, 3.63) is 77.6 Å². The van der Waals surface area contributed by atoms with E-state index in [-0.39, 0.29) is 11.4 Å². The average Bonchev–Trinajstić information content (AvgIpc) is 3.36. The molecule has 0 atom stereocenters. The number of H-pyrrole nitrogens is 1.